The van der Waals surface area contributed by atoms with Crippen LogP contribution in [0.2, 0.25) is 0 Å². The van der Waals surface area contributed by atoms with Crippen LogP contribution in [0.1, 0.15) is 0 Å². The van der Waals surface area contributed by atoms with Gasteiger partial charge in [-0.1, -0.05) is 0 Å². The van der Waals surface area contributed by atoms with Crippen molar-refractivity contribution < 1.29 is 20.4 Å². The summed E-state index contributed by atoms with van der Waals surface area (Å²) >= 11 is 0. The highest BCUT2D eigenvalue weighted by atomic mass is 16.3. The van der Waals surface area contributed by atoms with E-state index in [0.29, 0.717) is 0 Å². The van der Waals surface area contributed by atoms with Gasteiger partial charge in [-0.15, -0.1) is 0 Å². The fourth-order valence-electron chi connectivity index (χ4n) is 0.969. The minimum Gasteiger partial charge on any atom is -0.503 e. The summed E-state index contributed by atoms with van der Waals surface area (Å²) in [6, 6.07) is 0. The smallest absolute Gasteiger partial charge is 0.206 e. The minimum atomic E-state index is -0.839. The molecule has 6 nitrogen and oxygen atoms in total. The van der Waals surface area contributed by atoms with Crippen LogP contribution in [-0.4, -0.2) is 27.5 Å². The number of nitrogen functional groups attached to an aromatic ring is 1. The van der Waals surface area contributed by atoms with Crippen molar-refractivity contribution in [3.05, 3.63) is 0 Å². The molecule has 13 heavy (non-hydrogen) atoms. The molecule has 0 aliphatic carbocycles. The van der Waals surface area contributed by atoms with Crippen LogP contribution >= 0.6 is 0 Å². The molecule has 0 saturated carbocycles. The number of phenols is 4. The lowest BCUT2D eigenvalue weighted by Gasteiger charge is -2.12. The van der Waals surface area contributed by atoms with E-state index in [9.17, 15) is 5.11 Å². The number of rotatable bonds is 1. The van der Waals surface area contributed by atoms with E-state index >= 15 is 0 Å². The Morgan fingerprint density at radius 2 is 1.38 bits per heavy atom. The van der Waals surface area contributed by atoms with E-state index < -0.39 is 23.0 Å². The lowest BCUT2D eigenvalue weighted by molar-refractivity contribution is 0.348. The Kier molecular flexibility index (Phi) is 1.97. The van der Waals surface area contributed by atoms with Gasteiger partial charge in [0, 0.05) is 7.05 Å². The second kappa shape index (κ2) is 2.81. The summed E-state index contributed by atoms with van der Waals surface area (Å²) in [5.74, 6) is -2.92. The van der Waals surface area contributed by atoms with Gasteiger partial charge in [-0.3, -0.25) is 0 Å². The van der Waals surface area contributed by atoms with Gasteiger partial charge in [0.1, 0.15) is 11.4 Å². The van der Waals surface area contributed by atoms with Crippen LogP contribution in [0.4, 0.5) is 11.4 Å². The average molecular weight is 186 g/mol. The monoisotopic (exact) mass is 186 g/mol. The molecule has 0 aliphatic rings. The predicted molar refractivity (Wildman–Crippen MR) is 47.1 cm³/mol. The fourth-order valence-corrected chi connectivity index (χ4v) is 0.969. The summed E-state index contributed by atoms with van der Waals surface area (Å²) in [5, 5.41) is 38.9. The van der Waals surface area contributed by atoms with Crippen molar-refractivity contribution in [3.63, 3.8) is 0 Å². The SMILES string of the molecule is CNc1c(N)c(O)c(O)c(O)c1O. The van der Waals surface area contributed by atoms with Crippen molar-refractivity contribution in [2.24, 2.45) is 0 Å². The first-order valence-corrected chi connectivity index (χ1v) is 3.43. The molecule has 0 saturated heterocycles. The maximum absolute atomic E-state index is 9.22. The van der Waals surface area contributed by atoms with Crippen LogP contribution in [0.15, 0.2) is 0 Å². The molecule has 1 aromatic carbocycles. The molecule has 0 unspecified atom stereocenters. The first kappa shape index (κ1) is 9.11. The van der Waals surface area contributed by atoms with Crippen LogP contribution in [0.5, 0.6) is 23.0 Å². The highest BCUT2D eigenvalue weighted by Crippen LogP contribution is 2.51. The fraction of sp³-hybridized carbons (Fsp3) is 0.143. The van der Waals surface area contributed by atoms with Crippen molar-refractivity contribution >= 4 is 11.4 Å². The van der Waals surface area contributed by atoms with Gasteiger partial charge in [-0.25, -0.2) is 0 Å². The summed E-state index contributed by atoms with van der Waals surface area (Å²) in [6.07, 6.45) is 0. The largest absolute Gasteiger partial charge is 0.503 e. The Balaban J connectivity index is 3.56. The second-order valence-corrected chi connectivity index (χ2v) is 2.43. The quantitative estimate of drug-likeness (QED) is 0.211. The third-order valence-corrected chi connectivity index (χ3v) is 1.68. The topological polar surface area (TPSA) is 119 Å². The van der Waals surface area contributed by atoms with E-state index in [-0.39, 0.29) is 11.4 Å². The zero-order valence-corrected chi connectivity index (χ0v) is 6.87. The van der Waals surface area contributed by atoms with E-state index in [4.69, 9.17) is 21.1 Å². The van der Waals surface area contributed by atoms with Crippen molar-refractivity contribution in [1.82, 2.24) is 0 Å². The first-order chi connectivity index (χ1) is 6.00. The van der Waals surface area contributed by atoms with E-state index in [1.807, 2.05) is 0 Å². The molecule has 0 spiro atoms. The molecule has 1 aromatic rings. The molecule has 72 valence electrons. The van der Waals surface area contributed by atoms with E-state index in [2.05, 4.69) is 5.32 Å². The summed E-state index contributed by atoms with van der Waals surface area (Å²) < 4.78 is 0. The Morgan fingerprint density at radius 1 is 0.923 bits per heavy atom. The molecular weight excluding hydrogens is 176 g/mol. The van der Waals surface area contributed by atoms with Crippen molar-refractivity contribution in [1.29, 1.82) is 0 Å². The van der Waals surface area contributed by atoms with Crippen LogP contribution in [-0.2, 0) is 0 Å². The van der Waals surface area contributed by atoms with Crippen molar-refractivity contribution in [3.8, 4) is 23.0 Å². The van der Waals surface area contributed by atoms with E-state index in [0.717, 1.165) is 0 Å². The number of hydrogen-bond donors (Lipinski definition) is 6. The van der Waals surface area contributed by atoms with Crippen LogP contribution in [0.25, 0.3) is 0 Å². The molecule has 0 bridgehead atoms. The van der Waals surface area contributed by atoms with Crippen LogP contribution < -0.4 is 11.1 Å². The standard InChI is InChI=1S/C7H10N2O4/c1-9-3-2(8)4(10)6(12)7(13)5(3)11/h9-13H,8H2,1H3. The second-order valence-electron chi connectivity index (χ2n) is 2.43. The number of nitrogens with one attached hydrogen (secondary N) is 1. The van der Waals surface area contributed by atoms with Gasteiger partial charge < -0.3 is 31.5 Å². The number of phenolic OH excluding ortho intramolecular Hbond substituents is 4. The number of nitrogens with two attached hydrogens (primary N) is 1. The summed E-state index contributed by atoms with van der Waals surface area (Å²) in [7, 11) is 1.45. The molecule has 0 radical (unpaired) electrons. The molecule has 0 amide bonds. The molecule has 1 rings (SSSR count). The van der Waals surface area contributed by atoms with Crippen LogP contribution in [0.3, 0.4) is 0 Å². The molecular formula is C7H10N2O4. The van der Waals surface area contributed by atoms with Gasteiger partial charge in [0.05, 0.1) is 0 Å². The minimum absolute atomic E-state index is 0.0344. The van der Waals surface area contributed by atoms with Gasteiger partial charge in [-0.2, -0.15) is 0 Å². The number of anilines is 2. The summed E-state index contributed by atoms with van der Waals surface area (Å²) in [5.41, 5.74) is 5.06. The molecule has 0 aliphatic heterocycles. The van der Waals surface area contributed by atoms with Gasteiger partial charge in [0.25, 0.3) is 0 Å². The lowest BCUT2D eigenvalue weighted by Crippen LogP contribution is -1.97. The average Bonchev–Trinajstić information content (AvgIpc) is 2.13. The molecule has 0 fully saturated rings. The summed E-state index contributed by atoms with van der Waals surface area (Å²) in [4.78, 5) is 0. The van der Waals surface area contributed by atoms with Crippen molar-refractivity contribution in [2.45, 2.75) is 0 Å². The normalized spacial score (nSPS) is 9.92. The third-order valence-electron chi connectivity index (χ3n) is 1.68. The molecule has 0 aromatic heterocycles. The molecule has 0 heterocycles. The Morgan fingerprint density at radius 3 is 1.85 bits per heavy atom. The van der Waals surface area contributed by atoms with E-state index in [1.165, 1.54) is 7.05 Å². The van der Waals surface area contributed by atoms with Gasteiger partial charge in [0.15, 0.2) is 11.5 Å². The zero-order chi connectivity index (χ0) is 10.2. The maximum Gasteiger partial charge on any atom is 0.206 e. The summed E-state index contributed by atoms with van der Waals surface area (Å²) in [6.45, 7) is 0. The zero-order valence-electron chi connectivity index (χ0n) is 6.87. The third kappa shape index (κ3) is 1.12. The Bertz CT molecular complexity index is 322. The Labute approximate surface area is 73.9 Å². The molecule has 0 atom stereocenters. The van der Waals surface area contributed by atoms with E-state index in [1.54, 1.807) is 0 Å². The maximum atomic E-state index is 9.22. The van der Waals surface area contributed by atoms with Gasteiger partial charge in [-0.05, 0) is 0 Å². The lowest BCUT2D eigenvalue weighted by atomic mass is 10.2. The van der Waals surface area contributed by atoms with Crippen molar-refractivity contribution in [2.75, 3.05) is 18.1 Å². The first-order valence-electron chi connectivity index (χ1n) is 3.43. The highest BCUT2D eigenvalue weighted by Gasteiger charge is 2.20. The number of aromatic hydroxyl groups is 4. The number of hydrogen-bond acceptors (Lipinski definition) is 6. The molecule has 7 N–H and O–H groups in total. The predicted octanol–water partition coefficient (Wildman–Crippen LogP) is 0.133. The van der Waals surface area contributed by atoms with Crippen LogP contribution in [0, 0.1) is 0 Å². The highest BCUT2D eigenvalue weighted by molar-refractivity contribution is 5.85. The molecule has 6 heteroatoms. The van der Waals surface area contributed by atoms with Gasteiger partial charge in [0.2, 0.25) is 11.5 Å². The Hall–Kier alpha value is -1.98. The van der Waals surface area contributed by atoms with Gasteiger partial charge >= 0.3 is 0 Å². The number of benzene rings is 1.